The third-order valence-electron chi connectivity index (χ3n) is 3.95. The average Bonchev–Trinajstić information content (AvgIpc) is 2.40. The molecule has 0 aliphatic carbocycles. The van der Waals surface area contributed by atoms with Crippen LogP contribution in [0.3, 0.4) is 0 Å². The molecule has 1 fully saturated rings. The van der Waals surface area contributed by atoms with Gasteiger partial charge in [0, 0.05) is 51.0 Å². The van der Waals surface area contributed by atoms with E-state index in [-0.39, 0.29) is 5.54 Å². The van der Waals surface area contributed by atoms with Gasteiger partial charge < -0.3 is 10.2 Å². The fourth-order valence-corrected chi connectivity index (χ4v) is 2.52. The number of hydrogen-bond acceptors (Lipinski definition) is 4. The molecule has 2 rings (SSSR count). The van der Waals surface area contributed by atoms with E-state index in [1.54, 1.807) is 0 Å². The molecule has 1 aromatic rings. The monoisotopic (exact) mass is 262 g/mol. The second kappa shape index (κ2) is 6.46. The molecule has 1 N–H and O–H groups in total. The van der Waals surface area contributed by atoms with Gasteiger partial charge in [0.25, 0.3) is 0 Å². The number of hydrogen-bond donors (Lipinski definition) is 1. The van der Waals surface area contributed by atoms with Crippen LogP contribution in [0.5, 0.6) is 0 Å². The second-order valence-corrected chi connectivity index (χ2v) is 6.03. The highest BCUT2D eigenvalue weighted by atomic mass is 15.3. The first-order valence-corrected chi connectivity index (χ1v) is 7.12. The number of rotatable bonds is 5. The van der Waals surface area contributed by atoms with E-state index in [0.717, 1.165) is 31.9 Å². The van der Waals surface area contributed by atoms with Gasteiger partial charge in [-0.3, -0.25) is 9.88 Å². The van der Waals surface area contributed by atoms with Gasteiger partial charge in [0.05, 0.1) is 5.69 Å². The summed E-state index contributed by atoms with van der Waals surface area (Å²) in [7, 11) is 2.20. The van der Waals surface area contributed by atoms with Crippen molar-refractivity contribution in [3.8, 4) is 0 Å². The van der Waals surface area contributed by atoms with Crippen molar-refractivity contribution in [2.24, 2.45) is 0 Å². The van der Waals surface area contributed by atoms with E-state index in [4.69, 9.17) is 0 Å². The Morgan fingerprint density at radius 1 is 1.21 bits per heavy atom. The summed E-state index contributed by atoms with van der Waals surface area (Å²) in [4.78, 5) is 9.32. The quantitative estimate of drug-likeness (QED) is 0.864. The largest absolute Gasteiger partial charge is 0.309 e. The summed E-state index contributed by atoms with van der Waals surface area (Å²) < 4.78 is 0. The molecule has 0 spiro atoms. The molecule has 4 heteroatoms. The molecule has 0 bridgehead atoms. The summed E-state index contributed by atoms with van der Waals surface area (Å²) in [5.74, 6) is 0. The molecule has 0 unspecified atom stereocenters. The molecule has 1 saturated heterocycles. The lowest BCUT2D eigenvalue weighted by Crippen LogP contribution is -2.57. The van der Waals surface area contributed by atoms with Gasteiger partial charge in [0.1, 0.15) is 0 Å². The fourth-order valence-electron chi connectivity index (χ4n) is 2.52. The predicted octanol–water partition coefficient (Wildman–Crippen LogP) is 1.20. The maximum atomic E-state index is 4.34. The molecule has 1 aliphatic rings. The molecule has 0 radical (unpaired) electrons. The number of likely N-dealkylation sites (N-methyl/N-ethyl adjacent to an activating group) is 1. The average molecular weight is 262 g/mol. The van der Waals surface area contributed by atoms with Crippen molar-refractivity contribution in [1.29, 1.82) is 0 Å². The Morgan fingerprint density at radius 2 is 1.95 bits per heavy atom. The summed E-state index contributed by atoms with van der Waals surface area (Å²) in [5.41, 5.74) is 1.31. The van der Waals surface area contributed by atoms with Crippen LogP contribution in [-0.4, -0.2) is 60.1 Å². The lowest BCUT2D eigenvalue weighted by atomic mass is 10.0. The number of piperazine rings is 1. The van der Waals surface area contributed by atoms with Crippen LogP contribution in [0.25, 0.3) is 0 Å². The Balaban J connectivity index is 1.77. The van der Waals surface area contributed by atoms with Crippen LogP contribution in [0.15, 0.2) is 24.4 Å². The Morgan fingerprint density at radius 3 is 2.58 bits per heavy atom. The van der Waals surface area contributed by atoms with Gasteiger partial charge in [-0.2, -0.15) is 0 Å². The van der Waals surface area contributed by atoms with Crippen LogP contribution in [0.4, 0.5) is 0 Å². The third kappa shape index (κ3) is 4.27. The minimum atomic E-state index is 0.204. The Kier molecular flexibility index (Phi) is 4.91. The van der Waals surface area contributed by atoms with E-state index in [9.17, 15) is 0 Å². The molecule has 106 valence electrons. The van der Waals surface area contributed by atoms with Crippen molar-refractivity contribution in [3.05, 3.63) is 30.1 Å². The first kappa shape index (κ1) is 14.4. The van der Waals surface area contributed by atoms with Gasteiger partial charge in [0.15, 0.2) is 0 Å². The minimum Gasteiger partial charge on any atom is -0.309 e. The van der Waals surface area contributed by atoms with Gasteiger partial charge in [0.2, 0.25) is 0 Å². The zero-order chi connectivity index (χ0) is 13.7. The maximum Gasteiger partial charge on any atom is 0.0541 e. The molecular weight excluding hydrogens is 236 g/mol. The van der Waals surface area contributed by atoms with Crippen molar-refractivity contribution >= 4 is 0 Å². The second-order valence-electron chi connectivity index (χ2n) is 6.03. The van der Waals surface area contributed by atoms with Crippen LogP contribution in [0, 0.1) is 0 Å². The summed E-state index contributed by atoms with van der Waals surface area (Å²) in [6, 6.07) is 6.06. The fraction of sp³-hybridized carbons (Fsp3) is 0.667. The molecule has 19 heavy (non-hydrogen) atoms. The van der Waals surface area contributed by atoms with Crippen molar-refractivity contribution in [1.82, 2.24) is 20.1 Å². The molecule has 0 amide bonds. The van der Waals surface area contributed by atoms with Crippen LogP contribution in [-0.2, 0) is 6.54 Å². The summed E-state index contributed by atoms with van der Waals surface area (Å²) >= 11 is 0. The van der Waals surface area contributed by atoms with Gasteiger partial charge in [-0.1, -0.05) is 6.07 Å². The summed E-state index contributed by atoms with van der Waals surface area (Å²) in [6.45, 7) is 11.1. The standard InChI is InChI=1S/C15H26N4/c1-15(2,19-10-8-18(3)9-11-19)13-16-12-14-6-4-5-7-17-14/h4-7,16H,8-13H2,1-3H3. The van der Waals surface area contributed by atoms with E-state index < -0.39 is 0 Å². The van der Waals surface area contributed by atoms with Crippen molar-refractivity contribution in [2.75, 3.05) is 39.8 Å². The van der Waals surface area contributed by atoms with E-state index in [1.807, 2.05) is 18.3 Å². The highest BCUT2D eigenvalue weighted by Gasteiger charge is 2.28. The molecule has 0 atom stereocenters. The van der Waals surface area contributed by atoms with Crippen molar-refractivity contribution < 1.29 is 0 Å². The van der Waals surface area contributed by atoms with Gasteiger partial charge >= 0.3 is 0 Å². The van der Waals surface area contributed by atoms with Crippen LogP contribution in [0.2, 0.25) is 0 Å². The topological polar surface area (TPSA) is 31.4 Å². The highest BCUT2D eigenvalue weighted by Crippen LogP contribution is 2.15. The molecular formula is C15H26N4. The number of aromatic nitrogens is 1. The van der Waals surface area contributed by atoms with Gasteiger partial charge in [-0.25, -0.2) is 0 Å². The molecule has 0 aromatic carbocycles. The van der Waals surface area contributed by atoms with E-state index in [2.05, 4.69) is 47.1 Å². The lowest BCUT2D eigenvalue weighted by Gasteiger charge is -2.43. The van der Waals surface area contributed by atoms with Gasteiger partial charge in [-0.15, -0.1) is 0 Å². The van der Waals surface area contributed by atoms with Crippen LogP contribution in [0.1, 0.15) is 19.5 Å². The normalized spacial score (nSPS) is 18.7. The maximum absolute atomic E-state index is 4.34. The predicted molar refractivity (Wildman–Crippen MR) is 79.1 cm³/mol. The number of nitrogens with zero attached hydrogens (tertiary/aromatic N) is 3. The lowest BCUT2D eigenvalue weighted by molar-refractivity contribution is 0.0617. The third-order valence-corrected chi connectivity index (χ3v) is 3.95. The number of pyridine rings is 1. The molecule has 1 aliphatic heterocycles. The van der Waals surface area contributed by atoms with Gasteiger partial charge in [-0.05, 0) is 33.0 Å². The van der Waals surface area contributed by atoms with Crippen molar-refractivity contribution in [2.45, 2.75) is 25.9 Å². The van der Waals surface area contributed by atoms with Crippen LogP contribution < -0.4 is 5.32 Å². The van der Waals surface area contributed by atoms with E-state index >= 15 is 0 Å². The minimum absolute atomic E-state index is 0.204. The van der Waals surface area contributed by atoms with Crippen molar-refractivity contribution in [3.63, 3.8) is 0 Å². The van der Waals surface area contributed by atoms with E-state index in [1.165, 1.54) is 13.1 Å². The Hall–Kier alpha value is -0.970. The first-order chi connectivity index (χ1) is 9.08. The zero-order valence-corrected chi connectivity index (χ0v) is 12.4. The molecule has 1 aromatic heterocycles. The SMILES string of the molecule is CN1CCN(C(C)(C)CNCc2ccccn2)CC1. The Bertz CT molecular complexity index is 369. The summed E-state index contributed by atoms with van der Waals surface area (Å²) in [5, 5.41) is 3.53. The molecule has 4 nitrogen and oxygen atoms in total. The Labute approximate surface area is 116 Å². The smallest absolute Gasteiger partial charge is 0.0541 e. The number of nitrogens with one attached hydrogen (secondary N) is 1. The molecule has 0 saturated carbocycles. The van der Waals surface area contributed by atoms with E-state index in [0.29, 0.717) is 0 Å². The summed E-state index contributed by atoms with van der Waals surface area (Å²) in [6.07, 6.45) is 1.85. The van der Waals surface area contributed by atoms with Crippen LogP contribution >= 0.6 is 0 Å². The highest BCUT2D eigenvalue weighted by molar-refractivity contribution is 5.03. The zero-order valence-electron chi connectivity index (χ0n) is 12.4. The molecule has 2 heterocycles. The first-order valence-electron chi connectivity index (χ1n) is 7.12.